The van der Waals surface area contributed by atoms with Gasteiger partial charge in [0.2, 0.25) is 0 Å². The molecule has 28 heavy (non-hydrogen) atoms. The van der Waals surface area contributed by atoms with Crippen molar-refractivity contribution in [2.75, 3.05) is 0 Å². The molecule has 0 fully saturated rings. The molecule has 2 aromatic carbocycles. The zero-order valence-electron chi connectivity index (χ0n) is 16.5. The molecule has 2 atom stereocenters. The molecule has 0 spiro atoms. The minimum Gasteiger partial charge on any atom is -0.744 e. The van der Waals surface area contributed by atoms with E-state index in [9.17, 15) is 25.9 Å². The standard InChI is InChI=1S/C18H22O6S2.2Na/c1-3-14(16-6-10-18(11-7-16)26(22,23)24)12-13(2)15-4-8-17(9-5-15)25(19,20)21;;/h4-11,13-14H,3,12H2,1-2H3,(H,19,20,21)(H,22,23,24);;/q;2*+1/p-2. The average Bonchev–Trinajstić information content (AvgIpc) is 2.58. The van der Waals surface area contributed by atoms with Crippen molar-refractivity contribution in [1.82, 2.24) is 0 Å². The summed E-state index contributed by atoms with van der Waals surface area (Å²) in [7, 11) is -8.92. The molecule has 2 unspecified atom stereocenters. The van der Waals surface area contributed by atoms with Gasteiger partial charge in [0.25, 0.3) is 0 Å². The Morgan fingerprint density at radius 1 is 0.750 bits per heavy atom. The van der Waals surface area contributed by atoms with Gasteiger partial charge in [-0.1, -0.05) is 38.1 Å². The van der Waals surface area contributed by atoms with Gasteiger partial charge in [-0.25, -0.2) is 16.8 Å². The van der Waals surface area contributed by atoms with E-state index in [4.69, 9.17) is 0 Å². The number of benzene rings is 2. The van der Waals surface area contributed by atoms with Gasteiger partial charge in [-0.3, -0.25) is 0 Å². The van der Waals surface area contributed by atoms with Crippen LogP contribution in [0.25, 0.3) is 0 Å². The van der Waals surface area contributed by atoms with Crippen molar-refractivity contribution in [3.63, 3.8) is 0 Å². The monoisotopic (exact) mass is 442 g/mol. The predicted octanol–water partition coefficient (Wildman–Crippen LogP) is -2.81. The van der Waals surface area contributed by atoms with Crippen LogP contribution in [0.4, 0.5) is 0 Å². The summed E-state index contributed by atoms with van der Waals surface area (Å²) < 4.78 is 66.1. The summed E-state index contributed by atoms with van der Waals surface area (Å²) in [5.41, 5.74) is 1.85. The molecule has 0 saturated heterocycles. The van der Waals surface area contributed by atoms with E-state index in [0.29, 0.717) is 0 Å². The molecule has 0 radical (unpaired) electrons. The molecule has 0 aliphatic rings. The second-order valence-corrected chi connectivity index (χ2v) is 9.05. The number of hydrogen-bond acceptors (Lipinski definition) is 6. The first kappa shape index (κ1) is 28.3. The van der Waals surface area contributed by atoms with Crippen LogP contribution in [0, 0.1) is 0 Å². The molecule has 6 nitrogen and oxygen atoms in total. The van der Waals surface area contributed by atoms with Gasteiger partial charge < -0.3 is 9.11 Å². The molecule has 10 heteroatoms. The Labute approximate surface area is 211 Å². The fraction of sp³-hybridized carbons (Fsp3) is 0.333. The molecule has 0 aliphatic heterocycles. The minimum atomic E-state index is -4.46. The third kappa shape index (κ3) is 7.83. The second kappa shape index (κ2) is 11.6. The van der Waals surface area contributed by atoms with Gasteiger partial charge >= 0.3 is 59.1 Å². The molecule has 0 saturated carbocycles. The summed E-state index contributed by atoms with van der Waals surface area (Å²) in [6, 6.07) is 11.8. The predicted molar refractivity (Wildman–Crippen MR) is 94.9 cm³/mol. The van der Waals surface area contributed by atoms with Gasteiger partial charge in [-0.15, -0.1) is 0 Å². The first-order valence-electron chi connectivity index (χ1n) is 8.14. The van der Waals surface area contributed by atoms with Crippen molar-refractivity contribution in [3.8, 4) is 0 Å². The number of rotatable bonds is 7. The van der Waals surface area contributed by atoms with Crippen molar-refractivity contribution < 1.29 is 85.1 Å². The van der Waals surface area contributed by atoms with Crippen molar-refractivity contribution in [2.45, 2.75) is 48.3 Å². The minimum absolute atomic E-state index is 0. The van der Waals surface area contributed by atoms with Crippen molar-refractivity contribution in [2.24, 2.45) is 0 Å². The van der Waals surface area contributed by atoms with Crippen molar-refractivity contribution in [3.05, 3.63) is 59.7 Å². The van der Waals surface area contributed by atoms with Gasteiger partial charge in [0, 0.05) is 0 Å². The molecular weight excluding hydrogens is 422 g/mol. The summed E-state index contributed by atoms with van der Waals surface area (Å²) >= 11 is 0. The zero-order chi connectivity index (χ0) is 19.5. The van der Waals surface area contributed by atoms with Crippen LogP contribution in [0.2, 0.25) is 0 Å². The van der Waals surface area contributed by atoms with Crippen molar-refractivity contribution >= 4 is 20.2 Å². The van der Waals surface area contributed by atoms with Gasteiger partial charge in [0.15, 0.2) is 0 Å². The summed E-state index contributed by atoms with van der Waals surface area (Å²) in [6.07, 6.45) is 1.57. The maximum atomic E-state index is 11.0. The van der Waals surface area contributed by atoms with E-state index in [0.717, 1.165) is 24.0 Å². The fourth-order valence-corrected chi connectivity index (χ4v) is 3.91. The van der Waals surface area contributed by atoms with E-state index in [-0.39, 0.29) is 80.7 Å². The molecule has 0 aliphatic carbocycles. The Morgan fingerprint density at radius 3 is 1.43 bits per heavy atom. The largest absolute Gasteiger partial charge is 1.00 e. The first-order valence-corrected chi connectivity index (χ1v) is 11.0. The van der Waals surface area contributed by atoms with Gasteiger partial charge in [0.05, 0.1) is 9.79 Å². The Bertz CT molecular complexity index is 956. The molecule has 0 amide bonds. The average molecular weight is 442 g/mol. The fourth-order valence-electron chi connectivity index (χ4n) is 2.97. The van der Waals surface area contributed by atoms with E-state index in [1.807, 2.05) is 13.8 Å². The molecule has 2 aromatic rings. The Kier molecular flexibility index (Phi) is 11.7. The number of hydrogen-bond donors (Lipinski definition) is 0. The smallest absolute Gasteiger partial charge is 0.744 e. The third-order valence-corrected chi connectivity index (χ3v) is 6.21. The molecule has 0 heterocycles. The molecule has 0 aromatic heterocycles. The second-order valence-electron chi connectivity index (χ2n) is 6.29. The summed E-state index contributed by atoms with van der Waals surface area (Å²) in [5.74, 6) is 0.252. The topological polar surface area (TPSA) is 114 Å². The first-order chi connectivity index (χ1) is 12.0. The van der Waals surface area contributed by atoms with Crippen LogP contribution in [-0.4, -0.2) is 25.9 Å². The van der Waals surface area contributed by atoms with Crippen LogP contribution in [-0.2, 0) is 20.2 Å². The van der Waals surface area contributed by atoms with Crippen LogP contribution in [0.1, 0.15) is 49.7 Å². The van der Waals surface area contributed by atoms with Gasteiger partial charge in [0.1, 0.15) is 20.2 Å². The quantitative estimate of drug-likeness (QED) is 0.338. The molecular formula is C18H20Na2O6S2. The van der Waals surface area contributed by atoms with E-state index < -0.39 is 20.2 Å². The normalized spacial score (nSPS) is 13.7. The third-order valence-electron chi connectivity index (χ3n) is 4.51. The maximum Gasteiger partial charge on any atom is 1.00 e. The molecule has 2 rings (SSSR count). The van der Waals surface area contributed by atoms with E-state index >= 15 is 0 Å². The van der Waals surface area contributed by atoms with E-state index in [1.165, 1.54) is 24.3 Å². The van der Waals surface area contributed by atoms with Gasteiger partial charge in [-0.2, -0.15) is 0 Å². The summed E-state index contributed by atoms with van der Waals surface area (Å²) in [6.45, 7) is 4.02. The van der Waals surface area contributed by atoms with Crippen LogP contribution < -0.4 is 59.1 Å². The van der Waals surface area contributed by atoms with Crippen LogP contribution in [0.5, 0.6) is 0 Å². The Morgan fingerprint density at radius 2 is 1.11 bits per heavy atom. The van der Waals surface area contributed by atoms with Crippen molar-refractivity contribution in [1.29, 1.82) is 0 Å². The van der Waals surface area contributed by atoms with E-state index in [1.54, 1.807) is 24.3 Å². The maximum absolute atomic E-state index is 11.0. The SMILES string of the molecule is CCC(CC(C)c1ccc(S(=O)(=O)[O-])cc1)c1ccc(S(=O)(=O)[O-])cc1.[Na+].[Na+]. The Balaban J connectivity index is 0.00000364. The summed E-state index contributed by atoms with van der Waals surface area (Å²) in [5, 5.41) is 0. The van der Waals surface area contributed by atoms with Crippen LogP contribution in [0.3, 0.4) is 0 Å². The van der Waals surface area contributed by atoms with Crippen LogP contribution >= 0.6 is 0 Å². The molecule has 0 N–H and O–H groups in total. The summed E-state index contributed by atoms with van der Waals surface area (Å²) in [4.78, 5) is -0.506. The van der Waals surface area contributed by atoms with E-state index in [2.05, 4.69) is 0 Å². The molecule has 0 bridgehead atoms. The van der Waals surface area contributed by atoms with Crippen LogP contribution in [0.15, 0.2) is 58.3 Å². The van der Waals surface area contributed by atoms with Gasteiger partial charge in [-0.05, 0) is 60.1 Å². The Hall–Kier alpha value is 0.260. The molecule has 142 valence electrons. The zero-order valence-corrected chi connectivity index (χ0v) is 22.1.